The van der Waals surface area contributed by atoms with Gasteiger partial charge in [0.25, 0.3) is 5.91 Å². The number of hydroxylamine groups is 1. The van der Waals surface area contributed by atoms with Crippen LogP contribution < -0.4 is 24.1 Å². The highest BCUT2D eigenvalue weighted by molar-refractivity contribution is 5.95. The molecular weight excluding hydrogens is 367 g/mol. The van der Waals surface area contributed by atoms with E-state index in [1.54, 1.807) is 6.07 Å². The first-order valence-corrected chi connectivity index (χ1v) is 7.80. The number of halogens is 3. The van der Waals surface area contributed by atoms with Crippen LogP contribution in [0.2, 0.25) is 0 Å². The van der Waals surface area contributed by atoms with Gasteiger partial charge in [-0.3, -0.25) is 4.79 Å². The number of alkyl halides is 3. The molecule has 2 aromatic rings. The SMILES string of the molecule is COc1cc2c(c(OC)c1OC)ON(c1cccc(C(F)(F)F)c1)C(=O)C2. The molecule has 144 valence electrons. The monoisotopic (exact) mass is 383 g/mol. The average Bonchev–Trinajstić information content (AvgIpc) is 2.65. The molecule has 0 spiro atoms. The van der Waals surface area contributed by atoms with E-state index in [1.807, 2.05) is 0 Å². The molecule has 0 N–H and O–H groups in total. The summed E-state index contributed by atoms with van der Waals surface area (Å²) in [5.74, 6) is 0.411. The molecule has 3 rings (SSSR count). The number of carbonyl (C=O) groups is 1. The Morgan fingerprint density at radius 2 is 1.74 bits per heavy atom. The molecule has 0 radical (unpaired) electrons. The van der Waals surface area contributed by atoms with Gasteiger partial charge in [0.2, 0.25) is 17.2 Å². The highest BCUT2D eigenvalue weighted by Crippen LogP contribution is 2.48. The Hall–Kier alpha value is -3.10. The van der Waals surface area contributed by atoms with E-state index in [4.69, 9.17) is 19.0 Å². The fraction of sp³-hybridized carbons (Fsp3) is 0.278. The molecule has 6 nitrogen and oxygen atoms in total. The summed E-state index contributed by atoms with van der Waals surface area (Å²) in [5.41, 5.74) is -0.462. The number of hydrogen-bond acceptors (Lipinski definition) is 5. The van der Waals surface area contributed by atoms with Crippen LogP contribution in [0.3, 0.4) is 0 Å². The summed E-state index contributed by atoms with van der Waals surface area (Å²) in [5, 5.41) is 0.812. The number of nitrogens with zero attached hydrogens (tertiary/aromatic N) is 1. The zero-order valence-electron chi connectivity index (χ0n) is 14.7. The summed E-state index contributed by atoms with van der Waals surface area (Å²) >= 11 is 0. The molecule has 2 aromatic carbocycles. The third-order valence-corrected chi connectivity index (χ3v) is 4.02. The molecule has 27 heavy (non-hydrogen) atoms. The maximum Gasteiger partial charge on any atom is 0.416 e. The maximum absolute atomic E-state index is 13.0. The molecule has 0 fully saturated rings. The van der Waals surface area contributed by atoms with Crippen molar-refractivity contribution in [2.45, 2.75) is 12.6 Å². The summed E-state index contributed by atoms with van der Waals surface area (Å²) in [6.07, 6.45) is -4.65. The van der Waals surface area contributed by atoms with Gasteiger partial charge in [-0.2, -0.15) is 13.2 Å². The first-order valence-electron chi connectivity index (χ1n) is 7.80. The van der Waals surface area contributed by atoms with E-state index in [2.05, 4.69) is 0 Å². The molecule has 0 aliphatic carbocycles. The van der Waals surface area contributed by atoms with Crippen molar-refractivity contribution >= 4 is 11.6 Å². The van der Waals surface area contributed by atoms with Gasteiger partial charge in [0.05, 0.1) is 39.0 Å². The van der Waals surface area contributed by atoms with Crippen molar-refractivity contribution in [3.63, 3.8) is 0 Å². The van der Waals surface area contributed by atoms with Crippen molar-refractivity contribution in [3.05, 3.63) is 41.5 Å². The Morgan fingerprint density at radius 3 is 2.33 bits per heavy atom. The normalized spacial score (nSPS) is 13.7. The quantitative estimate of drug-likeness (QED) is 0.807. The molecule has 1 heterocycles. The molecule has 9 heteroatoms. The van der Waals surface area contributed by atoms with Crippen molar-refractivity contribution in [2.75, 3.05) is 26.4 Å². The Bertz CT molecular complexity index is 882. The van der Waals surface area contributed by atoms with E-state index < -0.39 is 17.6 Å². The lowest BCUT2D eigenvalue weighted by atomic mass is 10.1. The van der Waals surface area contributed by atoms with Gasteiger partial charge in [0.15, 0.2) is 5.75 Å². The standard InChI is InChI=1S/C18H16F3NO5/c1-24-13-7-10-8-14(23)22(27-15(10)17(26-3)16(13)25-2)12-6-4-5-11(9-12)18(19,20)21/h4-7,9H,8H2,1-3H3. The van der Waals surface area contributed by atoms with Gasteiger partial charge >= 0.3 is 6.18 Å². The first-order chi connectivity index (χ1) is 12.8. The smallest absolute Gasteiger partial charge is 0.416 e. The van der Waals surface area contributed by atoms with Crippen LogP contribution in [-0.4, -0.2) is 27.2 Å². The number of benzene rings is 2. The van der Waals surface area contributed by atoms with Crippen molar-refractivity contribution < 1.29 is 37.0 Å². The summed E-state index contributed by atoms with van der Waals surface area (Å²) in [7, 11) is 4.22. The van der Waals surface area contributed by atoms with E-state index >= 15 is 0 Å². The fourth-order valence-electron chi connectivity index (χ4n) is 2.79. The zero-order chi connectivity index (χ0) is 19.8. The summed E-state index contributed by atoms with van der Waals surface area (Å²) < 4.78 is 54.8. The van der Waals surface area contributed by atoms with E-state index in [-0.39, 0.29) is 29.4 Å². The predicted octanol–water partition coefficient (Wildman–Crippen LogP) is 3.61. The number of methoxy groups -OCH3 is 3. The Labute approximate surface area is 152 Å². The van der Waals surface area contributed by atoms with E-state index in [0.717, 1.165) is 17.2 Å². The van der Waals surface area contributed by atoms with Gasteiger partial charge in [0, 0.05) is 5.56 Å². The molecule has 1 amide bonds. The second kappa shape index (κ2) is 6.90. The number of amides is 1. The van der Waals surface area contributed by atoms with Crippen LogP contribution in [0, 0.1) is 0 Å². The topological polar surface area (TPSA) is 57.2 Å². The molecule has 1 aliphatic rings. The predicted molar refractivity (Wildman–Crippen MR) is 89.4 cm³/mol. The average molecular weight is 383 g/mol. The van der Waals surface area contributed by atoms with Gasteiger partial charge < -0.3 is 19.0 Å². The molecule has 0 atom stereocenters. The minimum Gasteiger partial charge on any atom is -0.493 e. The summed E-state index contributed by atoms with van der Waals surface area (Å²) in [6.45, 7) is 0. The van der Waals surface area contributed by atoms with Crippen LogP contribution in [0.5, 0.6) is 23.0 Å². The number of carbonyl (C=O) groups excluding carboxylic acids is 1. The Morgan fingerprint density at radius 1 is 1.04 bits per heavy atom. The van der Waals surface area contributed by atoms with Crippen LogP contribution in [0.1, 0.15) is 11.1 Å². The summed E-state index contributed by atoms with van der Waals surface area (Å²) in [4.78, 5) is 18.1. The van der Waals surface area contributed by atoms with Crippen molar-refractivity contribution in [1.82, 2.24) is 0 Å². The minimum absolute atomic E-state index is 0.0442. The Kier molecular flexibility index (Phi) is 4.77. The lowest BCUT2D eigenvalue weighted by Crippen LogP contribution is -2.39. The third kappa shape index (κ3) is 3.32. The van der Waals surface area contributed by atoms with Crippen LogP contribution in [0.4, 0.5) is 18.9 Å². The lowest BCUT2D eigenvalue weighted by molar-refractivity contribution is -0.137. The molecule has 0 aromatic heterocycles. The minimum atomic E-state index is -4.54. The van der Waals surface area contributed by atoms with Crippen molar-refractivity contribution in [2.24, 2.45) is 0 Å². The third-order valence-electron chi connectivity index (χ3n) is 4.02. The van der Waals surface area contributed by atoms with E-state index in [1.165, 1.54) is 33.5 Å². The number of anilines is 1. The molecular formula is C18H16F3NO5. The van der Waals surface area contributed by atoms with E-state index in [0.29, 0.717) is 11.3 Å². The van der Waals surface area contributed by atoms with Gasteiger partial charge in [-0.05, 0) is 24.3 Å². The van der Waals surface area contributed by atoms with Gasteiger partial charge in [-0.25, -0.2) is 0 Å². The molecule has 0 saturated carbocycles. The second-order valence-corrected chi connectivity index (χ2v) is 5.64. The largest absolute Gasteiger partial charge is 0.493 e. The van der Waals surface area contributed by atoms with Crippen LogP contribution in [0.15, 0.2) is 30.3 Å². The zero-order valence-corrected chi connectivity index (χ0v) is 14.7. The summed E-state index contributed by atoms with van der Waals surface area (Å²) in [6, 6.07) is 5.88. The van der Waals surface area contributed by atoms with Crippen LogP contribution in [-0.2, 0) is 17.4 Å². The molecule has 0 unspecified atom stereocenters. The number of fused-ring (bicyclic) bond motifs is 1. The van der Waals surface area contributed by atoms with Gasteiger partial charge in [-0.15, -0.1) is 5.06 Å². The van der Waals surface area contributed by atoms with Crippen molar-refractivity contribution in [1.29, 1.82) is 0 Å². The highest BCUT2D eigenvalue weighted by Gasteiger charge is 2.35. The molecule has 0 bridgehead atoms. The number of rotatable bonds is 4. The molecule has 0 saturated heterocycles. The number of ether oxygens (including phenoxy) is 3. The van der Waals surface area contributed by atoms with E-state index in [9.17, 15) is 18.0 Å². The lowest BCUT2D eigenvalue weighted by Gasteiger charge is -2.30. The van der Waals surface area contributed by atoms with Crippen molar-refractivity contribution in [3.8, 4) is 23.0 Å². The molecule has 1 aliphatic heterocycles. The second-order valence-electron chi connectivity index (χ2n) is 5.64. The maximum atomic E-state index is 13.0. The van der Waals surface area contributed by atoms with Gasteiger partial charge in [0.1, 0.15) is 0 Å². The first kappa shape index (κ1) is 18.7. The number of hydrogen-bond donors (Lipinski definition) is 0. The van der Waals surface area contributed by atoms with Crippen LogP contribution in [0.25, 0.3) is 0 Å². The van der Waals surface area contributed by atoms with Crippen LogP contribution >= 0.6 is 0 Å². The van der Waals surface area contributed by atoms with Gasteiger partial charge in [-0.1, -0.05) is 6.07 Å². The highest BCUT2D eigenvalue weighted by atomic mass is 19.4. The Balaban J connectivity index is 2.07. The fourth-order valence-corrected chi connectivity index (χ4v) is 2.79.